The molecular weight excluding hydrogens is 289 g/mol. The van der Waals surface area contributed by atoms with E-state index in [0.29, 0.717) is 19.4 Å². The van der Waals surface area contributed by atoms with Gasteiger partial charge >= 0.3 is 18.1 Å². The zero-order valence-corrected chi connectivity index (χ0v) is 11.8. The fourth-order valence-electron chi connectivity index (χ4n) is 2.22. The molecule has 1 saturated heterocycles. The van der Waals surface area contributed by atoms with E-state index in [0.717, 1.165) is 0 Å². The predicted octanol–water partition coefficient (Wildman–Crippen LogP) is 2.39. The van der Waals surface area contributed by atoms with E-state index in [1.165, 1.54) is 0 Å². The molecule has 9 heteroatoms. The summed E-state index contributed by atoms with van der Waals surface area (Å²) < 4.78 is 42.0. The van der Waals surface area contributed by atoms with E-state index < -0.39 is 12.1 Å². The normalized spacial score (nSPS) is 19.9. The molecule has 0 aromatic carbocycles. The molecule has 1 aliphatic rings. The van der Waals surface area contributed by atoms with Crippen LogP contribution in [-0.4, -0.2) is 40.3 Å². The summed E-state index contributed by atoms with van der Waals surface area (Å²) in [5, 5.41) is 9.24. The van der Waals surface area contributed by atoms with Crippen molar-refractivity contribution in [3.8, 4) is 0 Å². The first-order valence-electron chi connectivity index (χ1n) is 6.73. The molecule has 2 amide bonds. The Morgan fingerprint density at radius 1 is 1.43 bits per heavy atom. The van der Waals surface area contributed by atoms with Crippen molar-refractivity contribution in [3.63, 3.8) is 0 Å². The van der Waals surface area contributed by atoms with Crippen LogP contribution in [0.5, 0.6) is 0 Å². The highest BCUT2D eigenvalue weighted by Gasteiger charge is 2.39. The Balaban J connectivity index is 2.04. The number of rotatable bonds is 2. The lowest BCUT2D eigenvalue weighted by molar-refractivity contribution is -0.157. The van der Waals surface area contributed by atoms with Crippen molar-refractivity contribution in [2.24, 2.45) is 0 Å². The van der Waals surface area contributed by atoms with Gasteiger partial charge < -0.3 is 14.6 Å². The predicted molar refractivity (Wildman–Crippen MR) is 66.5 cm³/mol. The van der Waals surface area contributed by atoms with E-state index in [9.17, 15) is 18.0 Å². The fraction of sp³-hybridized carbons (Fsp3) is 0.750. The van der Waals surface area contributed by atoms with Crippen LogP contribution < -0.4 is 5.32 Å². The molecule has 21 heavy (non-hydrogen) atoms. The minimum absolute atomic E-state index is 0.00175. The molecule has 1 N–H and O–H groups in total. The minimum atomic E-state index is -4.64. The number of hydrogen-bond acceptors (Lipinski definition) is 4. The maximum Gasteiger partial charge on any atom is 0.470 e. The number of aromatic nitrogens is 2. The number of urea groups is 1. The average molecular weight is 306 g/mol. The van der Waals surface area contributed by atoms with Crippen LogP contribution in [0.3, 0.4) is 0 Å². The highest BCUT2D eigenvalue weighted by atomic mass is 19.4. The summed E-state index contributed by atoms with van der Waals surface area (Å²) in [7, 11) is 0. The summed E-state index contributed by atoms with van der Waals surface area (Å²) >= 11 is 0. The monoisotopic (exact) mass is 306 g/mol. The smallest absolute Gasteiger partial charge is 0.417 e. The second-order valence-corrected chi connectivity index (χ2v) is 5.33. The standard InChI is InChI=1S/C12H17F3N4O2/c1-7(2)16-11(20)19-5-3-4-8(6-19)9-17-18-10(21-9)12(13,14)15/h7-8H,3-6H2,1-2H3,(H,16,20). The number of nitrogens with zero attached hydrogens (tertiary/aromatic N) is 3. The van der Waals surface area contributed by atoms with E-state index in [1.807, 2.05) is 13.8 Å². The summed E-state index contributed by atoms with van der Waals surface area (Å²) in [5.41, 5.74) is 0. The number of nitrogens with one attached hydrogen (secondary N) is 1. The highest BCUT2D eigenvalue weighted by Crippen LogP contribution is 2.31. The molecule has 1 fully saturated rings. The van der Waals surface area contributed by atoms with Crippen molar-refractivity contribution in [2.45, 2.75) is 44.8 Å². The topological polar surface area (TPSA) is 71.3 Å². The van der Waals surface area contributed by atoms with Gasteiger partial charge in [-0.1, -0.05) is 0 Å². The lowest BCUT2D eigenvalue weighted by atomic mass is 9.98. The molecule has 0 saturated carbocycles. The van der Waals surface area contributed by atoms with Crippen LogP contribution in [0, 0.1) is 0 Å². The van der Waals surface area contributed by atoms with Gasteiger partial charge in [-0.25, -0.2) is 4.79 Å². The molecule has 1 atom stereocenters. The Morgan fingerprint density at radius 3 is 2.71 bits per heavy atom. The molecule has 0 bridgehead atoms. The first kappa shape index (κ1) is 15.6. The van der Waals surface area contributed by atoms with Crippen LogP contribution in [0.4, 0.5) is 18.0 Å². The van der Waals surface area contributed by atoms with Gasteiger partial charge in [0.25, 0.3) is 0 Å². The third-order valence-electron chi connectivity index (χ3n) is 3.15. The number of hydrogen-bond donors (Lipinski definition) is 1. The van der Waals surface area contributed by atoms with Gasteiger partial charge in [-0.3, -0.25) is 0 Å². The van der Waals surface area contributed by atoms with Crippen LogP contribution in [-0.2, 0) is 6.18 Å². The third kappa shape index (κ3) is 3.85. The lowest BCUT2D eigenvalue weighted by Gasteiger charge is -2.31. The molecule has 1 aromatic heterocycles. The van der Waals surface area contributed by atoms with Gasteiger partial charge in [-0.15, -0.1) is 10.2 Å². The van der Waals surface area contributed by atoms with E-state index >= 15 is 0 Å². The van der Waals surface area contributed by atoms with Crippen molar-refractivity contribution in [1.29, 1.82) is 0 Å². The molecular formula is C12H17F3N4O2. The molecule has 1 aliphatic heterocycles. The van der Waals surface area contributed by atoms with Gasteiger partial charge in [0.05, 0.1) is 5.92 Å². The molecule has 6 nitrogen and oxygen atoms in total. The zero-order chi connectivity index (χ0) is 15.6. The number of carbonyl (C=O) groups excluding carboxylic acids is 1. The van der Waals surface area contributed by atoms with Crippen LogP contribution in [0.1, 0.15) is 44.4 Å². The number of likely N-dealkylation sites (tertiary alicyclic amines) is 1. The van der Waals surface area contributed by atoms with E-state index in [1.54, 1.807) is 4.90 Å². The van der Waals surface area contributed by atoms with Gasteiger partial charge in [-0.2, -0.15) is 13.2 Å². The molecule has 118 valence electrons. The molecule has 1 aromatic rings. The van der Waals surface area contributed by atoms with Gasteiger partial charge in [0.2, 0.25) is 5.89 Å². The van der Waals surface area contributed by atoms with Crippen LogP contribution in [0.15, 0.2) is 4.42 Å². The molecule has 0 aliphatic carbocycles. The summed E-state index contributed by atoms with van der Waals surface area (Å²) in [6.07, 6.45) is -3.35. The van der Waals surface area contributed by atoms with Crippen LogP contribution >= 0.6 is 0 Å². The Hall–Kier alpha value is -1.80. The molecule has 0 spiro atoms. The lowest BCUT2D eigenvalue weighted by Crippen LogP contribution is -2.47. The zero-order valence-electron chi connectivity index (χ0n) is 11.8. The molecule has 0 radical (unpaired) electrons. The second-order valence-electron chi connectivity index (χ2n) is 5.33. The van der Waals surface area contributed by atoms with E-state index in [4.69, 9.17) is 4.42 Å². The van der Waals surface area contributed by atoms with Crippen molar-refractivity contribution in [1.82, 2.24) is 20.4 Å². The fourth-order valence-corrected chi connectivity index (χ4v) is 2.22. The highest BCUT2D eigenvalue weighted by molar-refractivity contribution is 5.74. The maximum absolute atomic E-state index is 12.4. The summed E-state index contributed by atoms with van der Waals surface area (Å²) in [5.74, 6) is -1.77. The average Bonchev–Trinajstić information content (AvgIpc) is 2.87. The maximum atomic E-state index is 12.4. The first-order valence-corrected chi connectivity index (χ1v) is 6.73. The Kier molecular flexibility index (Phi) is 4.38. The molecule has 2 rings (SSSR count). The van der Waals surface area contributed by atoms with Gasteiger partial charge in [0.15, 0.2) is 0 Å². The third-order valence-corrected chi connectivity index (χ3v) is 3.15. The summed E-state index contributed by atoms with van der Waals surface area (Å²) in [4.78, 5) is 13.5. The van der Waals surface area contributed by atoms with Crippen molar-refractivity contribution in [2.75, 3.05) is 13.1 Å². The first-order chi connectivity index (χ1) is 9.77. The van der Waals surface area contributed by atoms with Gasteiger partial charge in [-0.05, 0) is 26.7 Å². The largest absolute Gasteiger partial charge is 0.470 e. The van der Waals surface area contributed by atoms with Crippen molar-refractivity contribution in [3.05, 3.63) is 11.8 Å². The van der Waals surface area contributed by atoms with E-state index in [2.05, 4.69) is 15.5 Å². The second kappa shape index (κ2) is 5.90. The van der Waals surface area contributed by atoms with Crippen LogP contribution in [0.25, 0.3) is 0 Å². The van der Waals surface area contributed by atoms with Crippen molar-refractivity contribution < 1.29 is 22.4 Å². The summed E-state index contributed by atoms with van der Waals surface area (Å²) in [6, 6.07) is -0.233. The number of alkyl halides is 3. The number of piperidine rings is 1. The number of carbonyl (C=O) groups is 1. The minimum Gasteiger partial charge on any atom is -0.417 e. The van der Waals surface area contributed by atoms with E-state index in [-0.39, 0.29) is 30.4 Å². The van der Waals surface area contributed by atoms with Crippen molar-refractivity contribution >= 4 is 6.03 Å². The number of halogens is 3. The van der Waals surface area contributed by atoms with Crippen LogP contribution in [0.2, 0.25) is 0 Å². The number of amides is 2. The SMILES string of the molecule is CC(C)NC(=O)N1CCCC(c2nnc(C(F)(F)F)o2)C1. The van der Waals surface area contributed by atoms with Gasteiger partial charge in [0, 0.05) is 19.1 Å². The Morgan fingerprint density at radius 2 is 2.14 bits per heavy atom. The Bertz CT molecular complexity index is 501. The molecule has 1 unspecified atom stereocenters. The quantitative estimate of drug-likeness (QED) is 0.910. The Labute approximate surface area is 119 Å². The molecule has 2 heterocycles. The summed E-state index contributed by atoms with van der Waals surface area (Å²) in [6.45, 7) is 4.52. The van der Waals surface area contributed by atoms with Gasteiger partial charge in [0.1, 0.15) is 0 Å².